The van der Waals surface area contributed by atoms with Gasteiger partial charge in [-0.3, -0.25) is 14.3 Å². The zero-order chi connectivity index (χ0) is 23.7. The fourth-order valence-corrected chi connectivity index (χ4v) is 6.68. The smallest absolute Gasteiger partial charge is 0.278 e. The molecule has 1 fully saturated rings. The third-order valence-corrected chi connectivity index (χ3v) is 8.59. The van der Waals surface area contributed by atoms with E-state index in [1.807, 2.05) is 12.1 Å². The molecule has 10 heteroatoms. The predicted molar refractivity (Wildman–Crippen MR) is 130 cm³/mol. The number of carbonyl (C=O) groups is 1. The van der Waals surface area contributed by atoms with Gasteiger partial charge in [0.1, 0.15) is 6.17 Å². The van der Waals surface area contributed by atoms with Crippen molar-refractivity contribution in [2.45, 2.75) is 17.9 Å². The molecule has 0 aliphatic carbocycles. The van der Waals surface area contributed by atoms with E-state index in [0.717, 1.165) is 17.3 Å². The molecule has 34 heavy (non-hydrogen) atoms. The van der Waals surface area contributed by atoms with Crippen LogP contribution in [0.15, 0.2) is 59.5 Å². The summed E-state index contributed by atoms with van der Waals surface area (Å²) >= 11 is 4.08. The summed E-state index contributed by atoms with van der Waals surface area (Å²) in [4.78, 5) is 25.6. The van der Waals surface area contributed by atoms with Gasteiger partial charge in [0, 0.05) is 31.7 Å². The van der Waals surface area contributed by atoms with Crippen LogP contribution in [0.4, 0.5) is 4.39 Å². The molecule has 1 saturated heterocycles. The molecule has 176 valence electrons. The van der Waals surface area contributed by atoms with Gasteiger partial charge in [0.15, 0.2) is 5.69 Å². The third-order valence-electron chi connectivity index (χ3n) is 5.96. The molecule has 4 heterocycles. The minimum Gasteiger partial charge on any atom is -0.422 e. The van der Waals surface area contributed by atoms with Crippen molar-refractivity contribution in [3.8, 4) is 5.75 Å². The molecular formula is C24H22FN3O4SSe. The number of amides is 1. The fourth-order valence-electron chi connectivity index (χ4n) is 4.24. The number of hydrogen-bond acceptors (Lipinski definition) is 6. The van der Waals surface area contributed by atoms with Crippen LogP contribution < -0.4 is 19.5 Å². The Kier molecular flexibility index (Phi) is 6.65. The SMILES string of the molecule is Fc1cccc2c1Cc1ccccc1[Se]C2.O=C1c2c(OS)c(=O)ccn2NC2COCCN12. The zero-order valence-corrected chi connectivity index (χ0v) is 20.7. The summed E-state index contributed by atoms with van der Waals surface area (Å²) in [5.74, 6) is -0.378. The first kappa shape index (κ1) is 23.0. The minimum absolute atomic E-state index is 0.0509. The number of nitrogens with one attached hydrogen (secondary N) is 1. The van der Waals surface area contributed by atoms with Crippen molar-refractivity contribution in [1.29, 1.82) is 0 Å². The van der Waals surface area contributed by atoms with Crippen molar-refractivity contribution in [1.82, 2.24) is 9.58 Å². The van der Waals surface area contributed by atoms with Gasteiger partial charge in [-0.25, -0.2) is 0 Å². The van der Waals surface area contributed by atoms with Crippen LogP contribution in [0, 0.1) is 5.82 Å². The standard InChI is InChI=1S/C14H11FSe.C10H11N3O4S/c15-13-6-3-5-11-9-16-14-7-2-1-4-10(14)8-12(11)13;14-6-1-2-13-8(9(6)17-18)10(15)12-3-4-16-5-7(12)11-13/h1-7H,8-9H2;1-2,7,11,18H,3-5H2. The monoisotopic (exact) mass is 547 g/mol. The second-order valence-electron chi connectivity index (χ2n) is 7.99. The number of aromatic nitrogens is 1. The average Bonchev–Trinajstić information content (AvgIpc) is 3.05. The molecule has 1 atom stereocenters. The molecule has 2 aromatic carbocycles. The molecule has 1 unspecified atom stereocenters. The van der Waals surface area contributed by atoms with E-state index in [4.69, 9.17) is 8.92 Å². The number of fused-ring (bicyclic) bond motifs is 4. The van der Waals surface area contributed by atoms with E-state index in [9.17, 15) is 14.0 Å². The van der Waals surface area contributed by atoms with Crippen LogP contribution in [-0.2, 0) is 16.5 Å². The van der Waals surface area contributed by atoms with Gasteiger partial charge in [0.25, 0.3) is 5.91 Å². The Morgan fingerprint density at radius 1 is 1.12 bits per heavy atom. The normalized spacial score (nSPS) is 18.1. The van der Waals surface area contributed by atoms with Crippen molar-refractivity contribution >= 4 is 38.2 Å². The van der Waals surface area contributed by atoms with E-state index in [2.05, 4.69) is 42.6 Å². The Balaban J connectivity index is 0.000000142. The predicted octanol–water partition coefficient (Wildman–Crippen LogP) is 1.69. The van der Waals surface area contributed by atoms with Crippen molar-refractivity contribution in [2.75, 3.05) is 25.2 Å². The second-order valence-corrected chi connectivity index (χ2v) is 10.3. The number of nitrogens with zero attached hydrogens (tertiary/aromatic N) is 2. The first-order chi connectivity index (χ1) is 16.6. The first-order valence-electron chi connectivity index (χ1n) is 10.8. The maximum absolute atomic E-state index is 13.8. The van der Waals surface area contributed by atoms with Crippen molar-refractivity contribution in [3.63, 3.8) is 0 Å². The summed E-state index contributed by atoms with van der Waals surface area (Å²) in [6, 6.07) is 15.2. The van der Waals surface area contributed by atoms with Gasteiger partial charge in [-0.15, -0.1) is 0 Å². The van der Waals surface area contributed by atoms with E-state index in [1.54, 1.807) is 11.0 Å². The number of ether oxygens (including phenoxy) is 1. The number of thiol groups is 1. The molecule has 7 nitrogen and oxygen atoms in total. The van der Waals surface area contributed by atoms with Crippen LogP contribution in [0.2, 0.25) is 0 Å². The Morgan fingerprint density at radius 3 is 2.79 bits per heavy atom. The molecule has 0 saturated carbocycles. The topological polar surface area (TPSA) is 72.8 Å². The molecule has 3 aromatic rings. The molecule has 0 bridgehead atoms. The van der Waals surface area contributed by atoms with Gasteiger partial charge >= 0.3 is 101 Å². The van der Waals surface area contributed by atoms with Crippen LogP contribution in [-0.4, -0.2) is 56.4 Å². The average molecular weight is 546 g/mol. The summed E-state index contributed by atoms with van der Waals surface area (Å²) in [5, 5.41) is 1.01. The van der Waals surface area contributed by atoms with Crippen molar-refractivity contribution < 1.29 is 18.1 Å². The number of pyridine rings is 1. The van der Waals surface area contributed by atoms with Crippen LogP contribution in [0.1, 0.15) is 27.2 Å². The summed E-state index contributed by atoms with van der Waals surface area (Å²) in [5.41, 5.74) is 6.25. The summed E-state index contributed by atoms with van der Waals surface area (Å²) in [7, 11) is 0. The molecule has 6 rings (SSSR count). The second kappa shape index (κ2) is 9.83. The molecule has 1 N–H and O–H groups in total. The maximum atomic E-state index is 13.8. The Hall–Kier alpha value is -2.78. The van der Waals surface area contributed by atoms with Crippen molar-refractivity contribution in [2.24, 2.45) is 0 Å². The number of morpholine rings is 1. The van der Waals surface area contributed by atoms with E-state index in [1.165, 1.54) is 32.5 Å². The number of halogens is 1. The van der Waals surface area contributed by atoms with Gasteiger partial charge < -0.3 is 19.2 Å². The van der Waals surface area contributed by atoms with E-state index >= 15 is 0 Å². The Labute approximate surface area is 207 Å². The van der Waals surface area contributed by atoms with Crippen LogP contribution in [0.25, 0.3) is 0 Å². The number of carbonyl (C=O) groups excluding carboxylic acids is 1. The zero-order valence-electron chi connectivity index (χ0n) is 18.1. The molecule has 1 aromatic heterocycles. The minimum atomic E-state index is -0.377. The number of rotatable bonds is 1. The Bertz CT molecular complexity index is 1300. The summed E-state index contributed by atoms with van der Waals surface area (Å²) in [6.45, 7) is 1.37. The van der Waals surface area contributed by atoms with Gasteiger partial charge in [0.2, 0.25) is 11.2 Å². The first-order valence-corrected chi connectivity index (χ1v) is 13.2. The van der Waals surface area contributed by atoms with E-state index in [0.29, 0.717) is 34.7 Å². The number of benzene rings is 2. The largest absolute Gasteiger partial charge is 0.422 e. The summed E-state index contributed by atoms with van der Waals surface area (Å²) in [6.07, 6.45) is 2.02. The van der Waals surface area contributed by atoms with Crippen molar-refractivity contribution in [3.05, 3.63) is 93.2 Å². The third kappa shape index (κ3) is 4.34. The molecule has 3 aliphatic rings. The quantitative estimate of drug-likeness (QED) is 0.276. The van der Waals surface area contributed by atoms with Gasteiger partial charge in [-0.1, -0.05) is 0 Å². The summed E-state index contributed by atoms with van der Waals surface area (Å²) < 4.78 is 26.7. The van der Waals surface area contributed by atoms with E-state index < -0.39 is 0 Å². The van der Waals surface area contributed by atoms with Crippen LogP contribution in [0.5, 0.6) is 5.75 Å². The van der Waals surface area contributed by atoms with Crippen LogP contribution >= 0.6 is 12.9 Å². The molecule has 0 radical (unpaired) electrons. The Morgan fingerprint density at radius 2 is 1.94 bits per heavy atom. The molecule has 1 amide bonds. The molecular weight excluding hydrogens is 524 g/mol. The van der Waals surface area contributed by atoms with Gasteiger partial charge in [0.05, 0.1) is 13.2 Å². The van der Waals surface area contributed by atoms with Crippen LogP contribution in [0.3, 0.4) is 0 Å². The van der Waals surface area contributed by atoms with E-state index in [-0.39, 0.29) is 34.8 Å². The van der Waals surface area contributed by atoms with Gasteiger partial charge in [-0.05, 0) is 0 Å². The molecule has 0 spiro atoms. The fraction of sp³-hybridized carbons (Fsp3) is 0.250. The maximum Gasteiger partial charge on any atom is 0.278 e. The molecule has 3 aliphatic heterocycles. The van der Waals surface area contributed by atoms with Gasteiger partial charge in [-0.2, -0.15) is 0 Å². The number of hydrogen-bond donors (Lipinski definition) is 2.